The van der Waals surface area contributed by atoms with Crippen molar-refractivity contribution in [1.82, 2.24) is 0 Å². The highest BCUT2D eigenvalue weighted by Crippen LogP contribution is 2.26. The highest BCUT2D eigenvalue weighted by molar-refractivity contribution is 7.92. The SMILES string of the molecule is CS(=O)(=O)Nc1ccc(NC(=O)C2=Cc3ccccc3OC2)cc1. The van der Waals surface area contributed by atoms with E-state index >= 15 is 0 Å². The lowest BCUT2D eigenvalue weighted by atomic mass is 10.1. The van der Waals surface area contributed by atoms with Crippen LogP contribution in [0.25, 0.3) is 6.08 Å². The van der Waals surface area contributed by atoms with Gasteiger partial charge in [0.05, 0.1) is 11.8 Å². The third kappa shape index (κ3) is 3.94. The fraction of sp³-hybridized carbons (Fsp3) is 0.118. The molecule has 2 N–H and O–H groups in total. The molecule has 1 amide bonds. The first kappa shape index (κ1) is 16.1. The summed E-state index contributed by atoms with van der Waals surface area (Å²) in [6, 6.07) is 13.9. The Bertz CT molecular complexity index is 902. The van der Waals surface area contributed by atoms with Crippen LogP contribution in [-0.4, -0.2) is 27.2 Å². The fourth-order valence-corrected chi connectivity index (χ4v) is 2.86. The number of nitrogens with one attached hydrogen (secondary N) is 2. The first-order chi connectivity index (χ1) is 11.4. The number of rotatable bonds is 4. The maximum Gasteiger partial charge on any atom is 0.255 e. The van der Waals surface area contributed by atoms with Gasteiger partial charge in [0.25, 0.3) is 5.91 Å². The topological polar surface area (TPSA) is 84.5 Å². The number of sulfonamides is 1. The first-order valence-corrected chi connectivity index (χ1v) is 9.11. The molecule has 0 unspecified atom stereocenters. The van der Waals surface area contributed by atoms with Crippen LogP contribution >= 0.6 is 0 Å². The van der Waals surface area contributed by atoms with Crippen molar-refractivity contribution in [2.24, 2.45) is 0 Å². The monoisotopic (exact) mass is 344 g/mol. The summed E-state index contributed by atoms with van der Waals surface area (Å²) in [6.45, 7) is 0.205. The molecule has 1 aliphatic rings. The van der Waals surface area contributed by atoms with Gasteiger partial charge in [0, 0.05) is 16.9 Å². The molecule has 0 aliphatic carbocycles. The second kappa shape index (κ2) is 6.37. The number of carbonyl (C=O) groups is 1. The summed E-state index contributed by atoms with van der Waals surface area (Å²) in [4.78, 5) is 12.3. The molecule has 6 nitrogen and oxygen atoms in total. The molecule has 7 heteroatoms. The van der Waals surface area contributed by atoms with E-state index in [0.717, 1.165) is 17.6 Å². The van der Waals surface area contributed by atoms with Gasteiger partial charge in [0.2, 0.25) is 10.0 Å². The number of carbonyl (C=O) groups excluding carboxylic acids is 1. The fourth-order valence-electron chi connectivity index (χ4n) is 2.29. The Morgan fingerprint density at radius 2 is 1.71 bits per heavy atom. The maximum absolute atomic E-state index is 12.3. The number of amides is 1. The van der Waals surface area contributed by atoms with E-state index in [1.54, 1.807) is 30.3 Å². The first-order valence-electron chi connectivity index (χ1n) is 7.22. The van der Waals surface area contributed by atoms with Crippen molar-refractivity contribution in [1.29, 1.82) is 0 Å². The summed E-state index contributed by atoms with van der Waals surface area (Å²) in [5.41, 5.74) is 2.39. The maximum atomic E-state index is 12.3. The summed E-state index contributed by atoms with van der Waals surface area (Å²) in [5.74, 6) is 0.499. The minimum Gasteiger partial charge on any atom is -0.488 e. The predicted octanol–water partition coefficient (Wildman–Crippen LogP) is 2.47. The molecule has 3 rings (SSSR count). The Morgan fingerprint density at radius 3 is 2.42 bits per heavy atom. The van der Waals surface area contributed by atoms with Crippen LogP contribution in [0.3, 0.4) is 0 Å². The molecule has 0 aromatic heterocycles. The molecule has 0 saturated carbocycles. The Hall–Kier alpha value is -2.80. The summed E-state index contributed by atoms with van der Waals surface area (Å²) >= 11 is 0. The number of fused-ring (bicyclic) bond motifs is 1. The highest BCUT2D eigenvalue weighted by atomic mass is 32.2. The smallest absolute Gasteiger partial charge is 0.255 e. The van der Waals surface area contributed by atoms with E-state index in [-0.39, 0.29) is 12.5 Å². The van der Waals surface area contributed by atoms with Gasteiger partial charge in [-0.2, -0.15) is 0 Å². The second-order valence-corrected chi connectivity index (χ2v) is 7.15. The average molecular weight is 344 g/mol. The lowest BCUT2D eigenvalue weighted by molar-refractivity contribution is -0.113. The van der Waals surface area contributed by atoms with Crippen LogP contribution < -0.4 is 14.8 Å². The third-order valence-electron chi connectivity index (χ3n) is 3.37. The van der Waals surface area contributed by atoms with Gasteiger partial charge in [-0.25, -0.2) is 8.42 Å². The van der Waals surface area contributed by atoms with Gasteiger partial charge in [0.1, 0.15) is 12.4 Å². The number of hydrogen-bond acceptors (Lipinski definition) is 4. The van der Waals surface area contributed by atoms with Crippen LogP contribution in [-0.2, 0) is 14.8 Å². The molecule has 0 saturated heterocycles. The lowest BCUT2D eigenvalue weighted by Crippen LogP contribution is -2.21. The van der Waals surface area contributed by atoms with E-state index in [0.29, 0.717) is 16.9 Å². The summed E-state index contributed by atoms with van der Waals surface area (Å²) in [5, 5.41) is 2.77. The molecular formula is C17H16N2O4S. The van der Waals surface area contributed by atoms with E-state index < -0.39 is 10.0 Å². The zero-order valence-electron chi connectivity index (χ0n) is 12.9. The quantitative estimate of drug-likeness (QED) is 0.892. The van der Waals surface area contributed by atoms with Gasteiger partial charge in [-0.15, -0.1) is 0 Å². The van der Waals surface area contributed by atoms with E-state index in [9.17, 15) is 13.2 Å². The molecule has 0 radical (unpaired) electrons. The zero-order valence-corrected chi connectivity index (χ0v) is 13.8. The van der Waals surface area contributed by atoms with E-state index in [1.165, 1.54) is 0 Å². The van der Waals surface area contributed by atoms with E-state index in [1.807, 2.05) is 24.3 Å². The predicted molar refractivity (Wildman–Crippen MR) is 93.5 cm³/mol. The number of para-hydroxylation sites is 1. The molecule has 0 spiro atoms. The third-order valence-corrected chi connectivity index (χ3v) is 3.98. The molecule has 124 valence electrons. The van der Waals surface area contributed by atoms with Gasteiger partial charge < -0.3 is 10.1 Å². The number of anilines is 2. The van der Waals surface area contributed by atoms with E-state index in [4.69, 9.17) is 4.74 Å². The summed E-state index contributed by atoms with van der Waals surface area (Å²) < 4.78 is 30.3. The minimum atomic E-state index is -3.32. The highest BCUT2D eigenvalue weighted by Gasteiger charge is 2.17. The molecule has 2 aromatic carbocycles. The standard InChI is InChI=1S/C17H16N2O4S/c1-24(21,22)19-15-8-6-14(7-9-15)18-17(20)13-10-12-4-2-3-5-16(12)23-11-13/h2-10,19H,11H2,1H3,(H,18,20). The molecule has 0 bridgehead atoms. The van der Waals surface area contributed by atoms with Gasteiger partial charge in [-0.1, -0.05) is 18.2 Å². The van der Waals surface area contributed by atoms with Gasteiger partial charge in [-0.05, 0) is 36.4 Å². The van der Waals surface area contributed by atoms with Crippen LogP contribution in [0.15, 0.2) is 54.1 Å². The van der Waals surface area contributed by atoms with Crippen LogP contribution in [0.2, 0.25) is 0 Å². The van der Waals surface area contributed by atoms with E-state index in [2.05, 4.69) is 10.0 Å². The number of benzene rings is 2. The zero-order chi connectivity index (χ0) is 17.2. The van der Waals surface area contributed by atoms with Crippen molar-refractivity contribution in [3.05, 3.63) is 59.7 Å². The molecular weight excluding hydrogens is 328 g/mol. The Labute approximate surface area is 140 Å². The van der Waals surface area contributed by atoms with Crippen LogP contribution in [0.1, 0.15) is 5.56 Å². The van der Waals surface area contributed by atoms with Crippen molar-refractivity contribution < 1.29 is 17.9 Å². The Morgan fingerprint density at radius 1 is 1.04 bits per heavy atom. The normalized spacial score (nSPS) is 13.3. The molecule has 24 heavy (non-hydrogen) atoms. The van der Waals surface area contributed by atoms with Crippen molar-refractivity contribution >= 4 is 33.4 Å². The largest absolute Gasteiger partial charge is 0.488 e. The van der Waals surface area contributed by atoms with Gasteiger partial charge in [-0.3, -0.25) is 9.52 Å². The molecule has 0 atom stereocenters. The van der Waals surface area contributed by atoms with Crippen LogP contribution in [0, 0.1) is 0 Å². The number of ether oxygens (including phenoxy) is 1. The molecule has 1 aliphatic heterocycles. The lowest BCUT2D eigenvalue weighted by Gasteiger charge is -2.17. The van der Waals surface area contributed by atoms with Crippen molar-refractivity contribution in [3.8, 4) is 5.75 Å². The van der Waals surface area contributed by atoms with Crippen molar-refractivity contribution in [3.63, 3.8) is 0 Å². The van der Waals surface area contributed by atoms with Crippen LogP contribution in [0.4, 0.5) is 11.4 Å². The summed E-state index contributed by atoms with van der Waals surface area (Å²) in [7, 11) is -3.32. The molecule has 2 aromatic rings. The molecule has 1 heterocycles. The number of hydrogen-bond donors (Lipinski definition) is 2. The van der Waals surface area contributed by atoms with Gasteiger partial charge >= 0.3 is 0 Å². The Balaban J connectivity index is 1.70. The molecule has 0 fully saturated rings. The van der Waals surface area contributed by atoms with Crippen molar-refractivity contribution in [2.45, 2.75) is 0 Å². The summed E-state index contributed by atoms with van der Waals surface area (Å²) in [6.07, 6.45) is 2.88. The van der Waals surface area contributed by atoms with Crippen LogP contribution in [0.5, 0.6) is 5.75 Å². The minimum absolute atomic E-state index is 0.205. The van der Waals surface area contributed by atoms with Gasteiger partial charge in [0.15, 0.2) is 0 Å². The Kier molecular flexibility index (Phi) is 4.26. The second-order valence-electron chi connectivity index (χ2n) is 5.40. The average Bonchev–Trinajstić information content (AvgIpc) is 2.55. The van der Waals surface area contributed by atoms with Crippen molar-refractivity contribution in [2.75, 3.05) is 22.9 Å².